The maximum Gasteiger partial charge on any atom is 0.410 e. The molecule has 3 rings (SSSR count). The summed E-state index contributed by atoms with van der Waals surface area (Å²) >= 11 is 3.10. The molecule has 1 saturated heterocycles. The molecule has 0 bridgehead atoms. The Hall–Kier alpha value is -1.93. The molecule has 0 aliphatic carbocycles. The molecule has 29 heavy (non-hydrogen) atoms. The van der Waals surface area contributed by atoms with Crippen LogP contribution < -0.4 is 0 Å². The number of aromatic nitrogens is 1. The molecule has 1 aliphatic rings. The Morgan fingerprint density at radius 3 is 2.79 bits per heavy atom. The molecule has 6 nitrogen and oxygen atoms in total. The first-order valence-corrected chi connectivity index (χ1v) is 11.6. The van der Waals surface area contributed by atoms with Crippen LogP contribution in [0, 0.1) is 12.8 Å². The van der Waals surface area contributed by atoms with Gasteiger partial charge in [0.15, 0.2) is 0 Å². The predicted molar refractivity (Wildman–Crippen MR) is 118 cm³/mol. The van der Waals surface area contributed by atoms with Gasteiger partial charge in [-0.05, 0) is 57.9 Å². The summed E-state index contributed by atoms with van der Waals surface area (Å²) in [5.41, 5.74) is 0.278. The highest BCUT2D eigenvalue weighted by Crippen LogP contribution is 2.32. The van der Waals surface area contributed by atoms with Gasteiger partial charge in [-0.1, -0.05) is 6.07 Å². The zero-order valence-electron chi connectivity index (χ0n) is 17.7. The van der Waals surface area contributed by atoms with Crippen LogP contribution in [-0.2, 0) is 4.74 Å². The van der Waals surface area contributed by atoms with Crippen LogP contribution in [0.15, 0.2) is 17.5 Å². The monoisotopic (exact) mass is 435 g/mol. The molecule has 1 unspecified atom stereocenters. The Bertz CT molecular complexity index is 855. The van der Waals surface area contributed by atoms with E-state index in [0.717, 1.165) is 39.8 Å². The minimum Gasteiger partial charge on any atom is -0.444 e. The number of carbonyl (C=O) groups excluding carboxylic acids is 2. The van der Waals surface area contributed by atoms with Crippen molar-refractivity contribution in [2.45, 2.75) is 46.1 Å². The lowest BCUT2D eigenvalue weighted by atomic mass is 9.97. The number of ether oxygens (including phenoxy) is 1. The van der Waals surface area contributed by atoms with Crippen LogP contribution >= 0.6 is 22.7 Å². The number of thiophene rings is 1. The molecule has 0 aromatic carbocycles. The van der Waals surface area contributed by atoms with Gasteiger partial charge >= 0.3 is 6.09 Å². The van der Waals surface area contributed by atoms with Crippen molar-refractivity contribution < 1.29 is 14.3 Å². The van der Waals surface area contributed by atoms with E-state index in [0.29, 0.717) is 13.1 Å². The molecule has 2 aromatic heterocycles. The van der Waals surface area contributed by atoms with Gasteiger partial charge in [0.05, 0.1) is 10.6 Å². The minimum atomic E-state index is -0.510. The van der Waals surface area contributed by atoms with E-state index >= 15 is 0 Å². The molecule has 3 heterocycles. The summed E-state index contributed by atoms with van der Waals surface area (Å²) in [4.78, 5) is 35.3. The first kappa shape index (κ1) is 21.8. The zero-order valence-corrected chi connectivity index (χ0v) is 19.4. The van der Waals surface area contributed by atoms with Crippen LogP contribution in [0.25, 0.3) is 9.88 Å². The topological polar surface area (TPSA) is 62.7 Å². The van der Waals surface area contributed by atoms with Crippen molar-refractivity contribution >= 4 is 34.7 Å². The van der Waals surface area contributed by atoms with E-state index in [2.05, 4.69) is 4.98 Å². The number of likely N-dealkylation sites (tertiary alicyclic amines) is 1. The molecule has 1 fully saturated rings. The van der Waals surface area contributed by atoms with Crippen LogP contribution in [0.1, 0.15) is 49.0 Å². The van der Waals surface area contributed by atoms with Gasteiger partial charge in [-0.3, -0.25) is 4.79 Å². The lowest BCUT2D eigenvalue weighted by molar-refractivity contribution is 0.0244. The summed E-state index contributed by atoms with van der Waals surface area (Å²) in [5.74, 6) is 0.294. The van der Waals surface area contributed by atoms with E-state index in [-0.39, 0.29) is 17.9 Å². The number of hydrogen-bond acceptors (Lipinski definition) is 6. The number of rotatable bonds is 4. The molecule has 2 amide bonds. The SMILES string of the molecule is Cc1nc(-c2cccs2)sc1C(=O)N1CCCC(CN(C)C(=O)OC(C)(C)C)C1. The van der Waals surface area contributed by atoms with Crippen LogP contribution in [0.2, 0.25) is 0 Å². The molecule has 1 atom stereocenters. The van der Waals surface area contributed by atoms with Crippen molar-refractivity contribution in [3.05, 3.63) is 28.1 Å². The van der Waals surface area contributed by atoms with E-state index in [1.54, 1.807) is 23.3 Å². The largest absolute Gasteiger partial charge is 0.444 e. The lowest BCUT2D eigenvalue weighted by Crippen LogP contribution is -2.45. The number of aryl methyl sites for hydroxylation is 1. The van der Waals surface area contributed by atoms with E-state index in [4.69, 9.17) is 4.74 Å². The quantitative estimate of drug-likeness (QED) is 0.685. The summed E-state index contributed by atoms with van der Waals surface area (Å²) in [6.45, 7) is 9.47. The average Bonchev–Trinajstić information content (AvgIpc) is 3.29. The van der Waals surface area contributed by atoms with Crippen molar-refractivity contribution in [1.29, 1.82) is 0 Å². The van der Waals surface area contributed by atoms with E-state index in [1.165, 1.54) is 11.3 Å². The second-order valence-electron chi connectivity index (χ2n) is 8.53. The smallest absolute Gasteiger partial charge is 0.410 e. The summed E-state index contributed by atoms with van der Waals surface area (Å²) in [6.07, 6.45) is 1.62. The molecular weight excluding hydrogens is 406 g/mol. The fourth-order valence-electron chi connectivity index (χ4n) is 3.44. The number of piperidine rings is 1. The molecule has 0 saturated carbocycles. The minimum absolute atomic E-state index is 0.0485. The van der Waals surface area contributed by atoms with Crippen LogP contribution in [-0.4, -0.2) is 59.1 Å². The molecule has 0 radical (unpaired) electrons. The Morgan fingerprint density at radius 1 is 1.38 bits per heavy atom. The number of nitrogens with zero attached hydrogens (tertiary/aromatic N) is 3. The predicted octanol–water partition coefficient (Wildman–Crippen LogP) is 4.90. The van der Waals surface area contributed by atoms with Gasteiger partial charge in [-0.25, -0.2) is 9.78 Å². The Kier molecular flexibility index (Phi) is 6.63. The van der Waals surface area contributed by atoms with Gasteiger partial charge in [-0.2, -0.15) is 0 Å². The van der Waals surface area contributed by atoms with Crippen molar-refractivity contribution in [3.8, 4) is 9.88 Å². The third-order valence-electron chi connectivity index (χ3n) is 4.77. The molecule has 0 spiro atoms. The molecule has 2 aromatic rings. The van der Waals surface area contributed by atoms with E-state index < -0.39 is 5.60 Å². The summed E-state index contributed by atoms with van der Waals surface area (Å²) in [5, 5.41) is 2.92. The highest BCUT2D eigenvalue weighted by molar-refractivity contribution is 7.22. The second kappa shape index (κ2) is 8.83. The summed E-state index contributed by atoms with van der Waals surface area (Å²) < 4.78 is 5.44. The first-order chi connectivity index (χ1) is 13.6. The van der Waals surface area contributed by atoms with E-state index in [9.17, 15) is 9.59 Å². The molecule has 1 aliphatic heterocycles. The number of carbonyl (C=O) groups is 2. The number of thiazole rings is 1. The first-order valence-electron chi connectivity index (χ1n) is 9.88. The fraction of sp³-hybridized carbons (Fsp3) is 0.571. The normalized spacial score (nSPS) is 17.3. The lowest BCUT2D eigenvalue weighted by Gasteiger charge is -2.35. The van der Waals surface area contributed by atoms with Gasteiger partial charge < -0.3 is 14.5 Å². The number of amides is 2. The highest BCUT2D eigenvalue weighted by Gasteiger charge is 2.29. The molecule has 8 heteroatoms. The maximum atomic E-state index is 13.2. The Balaban J connectivity index is 1.63. The summed E-state index contributed by atoms with van der Waals surface area (Å²) in [7, 11) is 1.76. The zero-order chi connectivity index (χ0) is 21.2. The van der Waals surface area contributed by atoms with Gasteiger partial charge in [-0.15, -0.1) is 22.7 Å². The van der Waals surface area contributed by atoms with Crippen molar-refractivity contribution in [1.82, 2.24) is 14.8 Å². The van der Waals surface area contributed by atoms with Crippen LogP contribution in [0.4, 0.5) is 4.79 Å². The average molecular weight is 436 g/mol. The fourth-order valence-corrected chi connectivity index (χ4v) is 5.28. The number of hydrogen-bond donors (Lipinski definition) is 0. The van der Waals surface area contributed by atoms with Gasteiger partial charge in [0, 0.05) is 26.7 Å². The van der Waals surface area contributed by atoms with E-state index in [1.807, 2.05) is 50.1 Å². The standard InChI is InChI=1S/C21H29N3O3S2/c1-14-17(29-18(22-14)16-9-7-11-28-16)19(25)24-10-6-8-15(13-24)12-23(5)20(26)27-21(2,3)4/h7,9,11,15H,6,8,10,12-13H2,1-5H3. The maximum absolute atomic E-state index is 13.2. The molecule has 158 valence electrons. The van der Waals surface area contributed by atoms with Crippen molar-refractivity contribution in [3.63, 3.8) is 0 Å². The van der Waals surface area contributed by atoms with Crippen molar-refractivity contribution in [2.24, 2.45) is 5.92 Å². The van der Waals surface area contributed by atoms with Gasteiger partial charge in [0.1, 0.15) is 15.5 Å². The van der Waals surface area contributed by atoms with Gasteiger partial charge in [0.25, 0.3) is 5.91 Å². The summed E-state index contributed by atoms with van der Waals surface area (Å²) in [6, 6.07) is 4.02. The molecule has 0 N–H and O–H groups in total. The Morgan fingerprint density at radius 2 is 2.14 bits per heavy atom. The highest BCUT2D eigenvalue weighted by atomic mass is 32.1. The van der Waals surface area contributed by atoms with Crippen LogP contribution in [0.5, 0.6) is 0 Å². The van der Waals surface area contributed by atoms with Crippen molar-refractivity contribution in [2.75, 3.05) is 26.7 Å². The van der Waals surface area contributed by atoms with Crippen LogP contribution in [0.3, 0.4) is 0 Å². The molecular formula is C21H29N3O3S2. The second-order valence-corrected chi connectivity index (χ2v) is 10.5. The third kappa shape index (κ3) is 5.57. The Labute approximate surface area is 180 Å². The van der Waals surface area contributed by atoms with Gasteiger partial charge in [0.2, 0.25) is 0 Å². The third-order valence-corrected chi connectivity index (χ3v) is 6.95.